The third kappa shape index (κ3) is 3.62. The summed E-state index contributed by atoms with van der Waals surface area (Å²) in [5.74, 6) is 0.258. The Labute approximate surface area is 271 Å². The zero-order valence-corrected chi connectivity index (χ0v) is 27.4. The molecular weight excluding hydrogens is 596 g/mol. The predicted octanol–water partition coefficient (Wildman–Crippen LogP) is 7.46. The van der Waals surface area contributed by atoms with Crippen molar-refractivity contribution < 1.29 is 19.4 Å². The van der Waals surface area contributed by atoms with Gasteiger partial charge < -0.3 is 14.7 Å². The van der Waals surface area contributed by atoms with E-state index in [4.69, 9.17) is 21.3 Å². The summed E-state index contributed by atoms with van der Waals surface area (Å²) in [6.07, 6.45) is 0.798. The molecule has 8 rings (SSSR count). The number of carbonyl (C=O) groups excluding carboxylic acids is 1. The van der Waals surface area contributed by atoms with E-state index in [1.165, 1.54) is 6.07 Å². The van der Waals surface area contributed by atoms with E-state index in [1.807, 2.05) is 24.3 Å². The first kappa shape index (κ1) is 28.8. The molecule has 0 saturated heterocycles. The lowest BCUT2D eigenvalue weighted by molar-refractivity contribution is 0.0696. The minimum absolute atomic E-state index is 0.0310. The van der Waals surface area contributed by atoms with Crippen molar-refractivity contribution >= 4 is 56.7 Å². The Morgan fingerprint density at radius 1 is 0.935 bits per heavy atom. The number of carbonyl (C=O) groups is 2. The molecule has 0 saturated carbocycles. The number of nitrogens with zero attached hydrogens (tertiary/aromatic N) is 2. The largest absolute Gasteiger partial charge is 0.478 e. The van der Waals surface area contributed by atoms with Gasteiger partial charge in [-0.15, -0.1) is 0 Å². The summed E-state index contributed by atoms with van der Waals surface area (Å²) in [6, 6.07) is 17.9. The van der Waals surface area contributed by atoms with Crippen LogP contribution in [0.2, 0.25) is 5.02 Å². The smallest absolute Gasteiger partial charge is 0.337 e. The highest BCUT2D eigenvalue weighted by Crippen LogP contribution is 2.56. The maximum Gasteiger partial charge on any atom is 0.337 e. The Kier molecular flexibility index (Phi) is 5.90. The van der Waals surface area contributed by atoms with E-state index >= 15 is 0 Å². The molecule has 0 fully saturated rings. The minimum atomic E-state index is -1.15. The third-order valence-electron chi connectivity index (χ3n) is 10.1. The van der Waals surface area contributed by atoms with Crippen LogP contribution in [0.15, 0.2) is 59.6 Å². The molecule has 5 aromatic rings. The number of fused-ring (bicyclic) bond motifs is 12. The summed E-state index contributed by atoms with van der Waals surface area (Å²) in [6.45, 7) is 12.0. The summed E-state index contributed by atoms with van der Waals surface area (Å²) in [7, 11) is 2.11. The van der Waals surface area contributed by atoms with Crippen LogP contribution in [0.25, 0.3) is 27.1 Å². The van der Waals surface area contributed by atoms with Crippen LogP contribution in [0.3, 0.4) is 0 Å². The number of likely N-dealkylation sites (N-methyl/N-ethyl adjacent to an activating group) is 1. The molecule has 0 bridgehead atoms. The van der Waals surface area contributed by atoms with E-state index < -0.39 is 5.97 Å². The number of hydrogen-bond acceptors (Lipinski definition) is 5. The number of ether oxygens (including phenoxy) is 1. The van der Waals surface area contributed by atoms with Crippen LogP contribution in [0.1, 0.15) is 76.2 Å². The van der Waals surface area contributed by atoms with Gasteiger partial charge in [0.25, 0.3) is 0 Å². The first-order valence-corrected chi connectivity index (χ1v) is 15.9. The van der Waals surface area contributed by atoms with E-state index in [0.29, 0.717) is 34.6 Å². The number of aldehydes is 1. The van der Waals surface area contributed by atoms with Crippen LogP contribution in [0.5, 0.6) is 11.5 Å². The Morgan fingerprint density at radius 2 is 1.59 bits per heavy atom. The lowest BCUT2D eigenvalue weighted by atomic mass is 9.77. The van der Waals surface area contributed by atoms with Crippen LogP contribution >= 0.6 is 11.6 Å². The van der Waals surface area contributed by atoms with Crippen LogP contribution in [-0.2, 0) is 10.8 Å². The zero-order chi connectivity index (χ0) is 32.4. The maximum absolute atomic E-state index is 13.0. The monoisotopic (exact) mass is 628 g/mol. The Bertz CT molecular complexity index is 2390. The zero-order valence-electron chi connectivity index (χ0n) is 26.6. The number of carboxylic acids is 1. The van der Waals surface area contributed by atoms with Gasteiger partial charge in [-0.05, 0) is 29.3 Å². The summed E-state index contributed by atoms with van der Waals surface area (Å²) < 4.78 is 7.32. The van der Waals surface area contributed by atoms with Gasteiger partial charge in [-0.3, -0.25) is 9.79 Å². The van der Waals surface area contributed by atoms with Crippen molar-refractivity contribution in [3.05, 3.63) is 109 Å². The number of halogens is 1. The molecule has 46 heavy (non-hydrogen) atoms. The molecule has 0 aliphatic carbocycles. The van der Waals surface area contributed by atoms with E-state index in [1.54, 1.807) is 6.92 Å². The number of anilines is 1. The fraction of sp³-hybridized carbons (Fsp3) is 0.256. The second-order valence-corrected chi connectivity index (χ2v) is 14.5. The van der Waals surface area contributed by atoms with Crippen molar-refractivity contribution in [2.45, 2.75) is 45.4 Å². The molecule has 0 radical (unpaired) electrons. The first-order valence-electron chi connectivity index (χ1n) is 15.5. The standard InChI is InChI=1S/C39H33ClN2O4/c1-19-15-24(37(44)45)32(40)26(25(19)16-43)29-27-20-11-7-9-13-22(20)33-30(38(2,3)17-41-33)35(27)46-36-28(29)21-12-8-10-14-23(21)34-31(36)39(4,5)18-42(34)6/h7-16H,17-18H2,1-6H3,(H,44,45). The van der Waals surface area contributed by atoms with Gasteiger partial charge in [-0.1, -0.05) is 87.8 Å². The van der Waals surface area contributed by atoms with Crippen molar-refractivity contribution in [3.8, 4) is 11.5 Å². The Morgan fingerprint density at radius 3 is 2.26 bits per heavy atom. The molecule has 5 aromatic carbocycles. The van der Waals surface area contributed by atoms with Gasteiger partial charge >= 0.3 is 5.97 Å². The number of rotatable bonds is 3. The SMILES string of the molecule is Cc1cc(C(=O)O)c(Cl)c(C2=c3c(c4c(c5ccccc35)=NCC4(C)C)Oc3c4c(c5ccccc5c32)N(C)CC4(C)C)c1C=O. The second kappa shape index (κ2) is 9.43. The highest BCUT2D eigenvalue weighted by molar-refractivity contribution is 6.36. The molecule has 0 unspecified atom stereocenters. The quantitative estimate of drug-likeness (QED) is 0.206. The van der Waals surface area contributed by atoms with Gasteiger partial charge in [0, 0.05) is 80.3 Å². The van der Waals surface area contributed by atoms with Crippen LogP contribution < -0.4 is 20.2 Å². The number of carboxylic acid groups (broad SMARTS) is 1. The van der Waals surface area contributed by atoms with E-state index in [2.05, 4.69) is 63.9 Å². The fourth-order valence-electron chi connectivity index (χ4n) is 8.25. The third-order valence-corrected chi connectivity index (χ3v) is 10.5. The number of hydrogen-bond donors (Lipinski definition) is 1. The average Bonchev–Trinajstić information content (AvgIpc) is 3.47. The predicted molar refractivity (Wildman–Crippen MR) is 183 cm³/mol. The summed E-state index contributed by atoms with van der Waals surface area (Å²) >= 11 is 7.17. The normalized spacial score (nSPS) is 16.8. The van der Waals surface area contributed by atoms with Gasteiger partial charge in [0.2, 0.25) is 0 Å². The summed E-state index contributed by atoms with van der Waals surface area (Å²) in [5.41, 5.74) is 5.36. The first-order chi connectivity index (χ1) is 21.9. The van der Waals surface area contributed by atoms with Gasteiger partial charge in [-0.2, -0.15) is 0 Å². The van der Waals surface area contributed by atoms with Crippen molar-refractivity contribution in [1.29, 1.82) is 0 Å². The molecule has 0 amide bonds. The van der Waals surface area contributed by atoms with Crippen LogP contribution in [-0.4, -0.2) is 37.5 Å². The molecule has 0 spiro atoms. The Hall–Kier alpha value is -4.68. The van der Waals surface area contributed by atoms with Gasteiger partial charge in [0.1, 0.15) is 11.5 Å². The van der Waals surface area contributed by atoms with Crippen molar-refractivity contribution in [2.24, 2.45) is 4.99 Å². The average molecular weight is 629 g/mol. The molecule has 6 nitrogen and oxygen atoms in total. The maximum atomic E-state index is 13.0. The topological polar surface area (TPSA) is 79.2 Å². The number of aromatic carboxylic acids is 1. The molecule has 3 heterocycles. The van der Waals surface area contributed by atoms with E-state index in [-0.39, 0.29) is 21.4 Å². The summed E-state index contributed by atoms with van der Waals surface area (Å²) in [5, 5.41) is 15.9. The van der Waals surface area contributed by atoms with Gasteiger partial charge in [0.05, 0.1) is 21.6 Å². The van der Waals surface area contributed by atoms with Gasteiger partial charge in [-0.25, -0.2) is 4.79 Å². The highest BCUT2D eigenvalue weighted by Gasteiger charge is 2.44. The molecule has 230 valence electrons. The minimum Gasteiger partial charge on any atom is -0.478 e. The van der Waals surface area contributed by atoms with Crippen molar-refractivity contribution in [2.75, 3.05) is 25.0 Å². The lowest BCUT2D eigenvalue weighted by Crippen LogP contribution is -2.31. The van der Waals surface area contributed by atoms with Crippen LogP contribution in [0.4, 0.5) is 5.69 Å². The van der Waals surface area contributed by atoms with Crippen molar-refractivity contribution in [1.82, 2.24) is 0 Å². The summed E-state index contributed by atoms with van der Waals surface area (Å²) in [4.78, 5) is 33.0. The highest BCUT2D eigenvalue weighted by atomic mass is 35.5. The lowest BCUT2D eigenvalue weighted by Gasteiger charge is -2.32. The second-order valence-electron chi connectivity index (χ2n) is 14.1. The fourth-order valence-corrected chi connectivity index (χ4v) is 8.59. The molecule has 1 N–H and O–H groups in total. The number of aryl methyl sites for hydroxylation is 1. The Balaban J connectivity index is 1.75. The molecule has 0 aromatic heterocycles. The molecule has 3 aliphatic rings. The molecule has 3 aliphatic heterocycles. The van der Waals surface area contributed by atoms with Gasteiger partial charge in [0.15, 0.2) is 6.29 Å². The molecular formula is C39H33ClN2O4. The number of benzene rings is 5. The molecule has 7 heteroatoms. The molecule has 0 atom stereocenters. The van der Waals surface area contributed by atoms with E-state index in [0.717, 1.165) is 73.1 Å². The van der Waals surface area contributed by atoms with E-state index in [9.17, 15) is 14.7 Å². The van der Waals surface area contributed by atoms with Crippen molar-refractivity contribution in [3.63, 3.8) is 0 Å². The van der Waals surface area contributed by atoms with Crippen LogP contribution in [0, 0.1) is 6.92 Å².